The zero-order valence-electron chi connectivity index (χ0n) is 12.6. The minimum absolute atomic E-state index is 0.475. The van der Waals surface area contributed by atoms with Crippen LogP contribution in [0.5, 0.6) is 0 Å². The number of aromatic nitrogens is 3. The Bertz CT molecular complexity index is 613. The number of aryl methyl sites for hydroxylation is 1. The average Bonchev–Trinajstić information content (AvgIpc) is 2.47. The third-order valence-corrected chi connectivity index (χ3v) is 3.84. The first kappa shape index (κ1) is 13.9. The van der Waals surface area contributed by atoms with Crippen LogP contribution in [0.3, 0.4) is 0 Å². The maximum absolute atomic E-state index is 4.72. The number of rotatable bonds is 3. The van der Waals surface area contributed by atoms with E-state index in [1.807, 2.05) is 31.3 Å². The molecular weight excluding hydrogens is 262 g/mol. The van der Waals surface area contributed by atoms with Crippen molar-refractivity contribution in [1.29, 1.82) is 0 Å². The minimum atomic E-state index is 0.475. The van der Waals surface area contributed by atoms with E-state index < -0.39 is 0 Å². The van der Waals surface area contributed by atoms with Crippen LogP contribution in [-0.4, -0.2) is 40.0 Å². The van der Waals surface area contributed by atoms with E-state index in [0.29, 0.717) is 5.92 Å². The van der Waals surface area contributed by atoms with Crippen molar-refractivity contribution >= 4 is 11.6 Å². The highest BCUT2D eigenvalue weighted by atomic mass is 15.1. The Morgan fingerprint density at radius 2 is 2.10 bits per heavy atom. The fraction of sp³-hybridized carbons (Fsp3) is 0.438. The van der Waals surface area contributed by atoms with Gasteiger partial charge in [0.15, 0.2) is 0 Å². The summed E-state index contributed by atoms with van der Waals surface area (Å²) < 4.78 is 0. The number of anilines is 2. The Labute approximate surface area is 125 Å². The Morgan fingerprint density at radius 3 is 2.90 bits per heavy atom. The highest BCUT2D eigenvalue weighted by Gasteiger charge is 2.20. The lowest BCUT2D eigenvalue weighted by Crippen LogP contribution is -2.31. The van der Waals surface area contributed by atoms with Crippen molar-refractivity contribution in [2.24, 2.45) is 0 Å². The Morgan fingerprint density at radius 1 is 1.19 bits per heavy atom. The molecule has 110 valence electrons. The molecule has 1 aliphatic rings. The second kappa shape index (κ2) is 6.18. The molecule has 5 nitrogen and oxygen atoms in total. The zero-order chi connectivity index (χ0) is 14.7. The number of likely N-dealkylation sites (tertiary alicyclic amines) is 1. The fourth-order valence-electron chi connectivity index (χ4n) is 2.79. The predicted octanol–water partition coefficient (Wildman–Crippen LogP) is 2.73. The van der Waals surface area contributed by atoms with Crippen LogP contribution in [0.15, 0.2) is 30.6 Å². The molecule has 1 aliphatic heterocycles. The summed E-state index contributed by atoms with van der Waals surface area (Å²) >= 11 is 0. The molecule has 0 saturated carbocycles. The summed E-state index contributed by atoms with van der Waals surface area (Å²) in [4.78, 5) is 15.8. The summed E-state index contributed by atoms with van der Waals surface area (Å²) in [5.74, 6) is 2.05. The van der Waals surface area contributed by atoms with Gasteiger partial charge < -0.3 is 10.2 Å². The lowest BCUT2D eigenvalue weighted by molar-refractivity contribution is 0.248. The number of nitrogens with one attached hydrogen (secondary N) is 1. The van der Waals surface area contributed by atoms with Crippen LogP contribution in [-0.2, 0) is 0 Å². The van der Waals surface area contributed by atoms with Crippen LogP contribution in [0.1, 0.15) is 30.1 Å². The summed E-state index contributed by atoms with van der Waals surface area (Å²) in [5, 5.41) is 3.24. The maximum Gasteiger partial charge on any atom is 0.150 e. The smallest absolute Gasteiger partial charge is 0.150 e. The van der Waals surface area contributed by atoms with E-state index in [9.17, 15) is 0 Å². The summed E-state index contributed by atoms with van der Waals surface area (Å²) in [6.07, 6.45) is 6.05. The average molecular weight is 283 g/mol. The van der Waals surface area contributed by atoms with Gasteiger partial charge in [-0.05, 0) is 45.5 Å². The molecular formula is C16H21N5. The van der Waals surface area contributed by atoms with E-state index in [2.05, 4.69) is 27.2 Å². The molecule has 1 fully saturated rings. The van der Waals surface area contributed by atoms with Crippen LogP contribution in [0.25, 0.3) is 0 Å². The molecule has 2 aromatic heterocycles. The largest absolute Gasteiger partial charge is 0.324 e. The molecule has 5 heteroatoms. The molecule has 3 rings (SSSR count). The third-order valence-electron chi connectivity index (χ3n) is 3.84. The second-order valence-electron chi connectivity index (χ2n) is 5.72. The monoisotopic (exact) mass is 283 g/mol. The van der Waals surface area contributed by atoms with Gasteiger partial charge in [-0.3, -0.25) is 4.98 Å². The molecule has 0 spiro atoms. The highest BCUT2D eigenvalue weighted by molar-refractivity contribution is 5.50. The Balaban J connectivity index is 1.76. The van der Waals surface area contributed by atoms with Crippen molar-refractivity contribution in [1.82, 2.24) is 19.9 Å². The van der Waals surface area contributed by atoms with E-state index in [0.717, 1.165) is 29.6 Å². The fourth-order valence-corrected chi connectivity index (χ4v) is 2.79. The molecule has 1 saturated heterocycles. The number of piperidine rings is 1. The number of hydrogen-bond acceptors (Lipinski definition) is 5. The molecule has 21 heavy (non-hydrogen) atoms. The second-order valence-corrected chi connectivity index (χ2v) is 5.72. The van der Waals surface area contributed by atoms with E-state index in [4.69, 9.17) is 4.98 Å². The van der Waals surface area contributed by atoms with Crippen LogP contribution < -0.4 is 5.32 Å². The van der Waals surface area contributed by atoms with Crippen LogP contribution in [0, 0.1) is 6.92 Å². The topological polar surface area (TPSA) is 53.9 Å². The van der Waals surface area contributed by atoms with Crippen LogP contribution >= 0.6 is 0 Å². The molecule has 2 aromatic rings. The van der Waals surface area contributed by atoms with Crippen molar-refractivity contribution in [2.45, 2.75) is 25.7 Å². The lowest BCUT2D eigenvalue weighted by atomic mass is 9.95. The lowest BCUT2D eigenvalue weighted by Gasteiger charge is -2.29. The van der Waals surface area contributed by atoms with Gasteiger partial charge in [-0.2, -0.15) is 0 Å². The van der Waals surface area contributed by atoms with Crippen molar-refractivity contribution in [3.05, 3.63) is 42.0 Å². The van der Waals surface area contributed by atoms with Gasteiger partial charge in [-0.25, -0.2) is 9.97 Å². The van der Waals surface area contributed by atoms with Gasteiger partial charge in [0.05, 0.1) is 11.9 Å². The van der Waals surface area contributed by atoms with Gasteiger partial charge in [0.2, 0.25) is 0 Å². The first-order chi connectivity index (χ1) is 10.2. The molecule has 0 aliphatic carbocycles. The SMILES string of the molecule is Cc1cccc(Nc2cncc([C@@H]3CCCN(C)C3)n2)n1. The number of nitrogens with zero attached hydrogens (tertiary/aromatic N) is 4. The van der Waals surface area contributed by atoms with Crippen LogP contribution in [0.4, 0.5) is 11.6 Å². The van der Waals surface area contributed by atoms with Crippen LogP contribution in [0.2, 0.25) is 0 Å². The maximum atomic E-state index is 4.72. The van der Waals surface area contributed by atoms with Gasteiger partial charge in [-0.1, -0.05) is 6.07 Å². The highest BCUT2D eigenvalue weighted by Crippen LogP contribution is 2.25. The van der Waals surface area contributed by atoms with Crippen molar-refractivity contribution in [2.75, 3.05) is 25.5 Å². The Kier molecular flexibility index (Phi) is 4.10. The zero-order valence-corrected chi connectivity index (χ0v) is 12.6. The molecule has 3 heterocycles. The number of likely N-dealkylation sites (N-methyl/N-ethyl adjacent to an activating group) is 1. The van der Waals surface area contributed by atoms with E-state index in [1.54, 1.807) is 6.20 Å². The third kappa shape index (κ3) is 3.55. The summed E-state index contributed by atoms with van der Waals surface area (Å²) in [5.41, 5.74) is 2.05. The van der Waals surface area contributed by atoms with Gasteiger partial charge in [0.1, 0.15) is 11.6 Å². The normalized spacial score (nSPS) is 19.4. The van der Waals surface area contributed by atoms with Crippen molar-refractivity contribution in [3.63, 3.8) is 0 Å². The molecule has 1 N–H and O–H groups in total. The predicted molar refractivity (Wildman–Crippen MR) is 83.8 cm³/mol. The van der Waals surface area contributed by atoms with Crippen molar-refractivity contribution in [3.8, 4) is 0 Å². The van der Waals surface area contributed by atoms with E-state index >= 15 is 0 Å². The molecule has 0 bridgehead atoms. The minimum Gasteiger partial charge on any atom is -0.324 e. The summed E-state index contributed by atoms with van der Waals surface area (Å²) in [7, 11) is 2.17. The Hall–Kier alpha value is -2.01. The first-order valence-corrected chi connectivity index (χ1v) is 7.42. The van der Waals surface area contributed by atoms with Gasteiger partial charge >= 0.3 is 0 Å². The number of pyridine rings is 1. The molecule has 0 amide bonds. The molecule has 0 unspecified atom stereocenters. The number of hydrogen-bond donors (Lipinski definition) is 1. The summed E-state index contributed by atoms with van der Waals surface area (Å²) in [6, 6.07) is 5.90. The summed E-state index contributed by atoms with van der Waals surface area (Å²) in [6.45, 7) is 4.21. The van der Waals surface area contributed by atoms with Gasteiger partial charge in [0.25, 0.3) is 0 Å². The van der Waals surface area contributed by atoms with Gasteiger partial charge in [0, 0.05) is 24.4 Å². The standard InChI is InChI=1S/C16H21N5/c1-12-5-3-7-15(18-12)20-16-10-17-9-14(19-16)13-6-4-8-21(2)11-13/h3,5,7,9-10,13H,4,6,8,11H2,1-2H3,(H,18,19,20)/t13-/m1/s1. The molecule has 0 aromatic carbocycles. The van der Waals surface area contributed by atoms with Gasteiger partial charge in [-0.15, -0.1) is 0 Å². The van der Waals surface area contributed by atoms with E-state index in [1.165, 1.54) is 19.4 Å². The van der Waals surface area contributed by atoms with E-state index in [-0.39, 0.29) is 0 Å². The molecule has 1 atom stereocenters. The van der Waals surface area contributed by atoms with Crippen molar-refractivity contribution < 1.29 is 0 Å². The first-order valence-electron chi connectivity index (χ1n) is 7.42. The molecule has 0 radical (unpaired) electrons. The quantitative estimate of drug-likeness (QED) is 0.938.